The van der Waals surface area contributed by atoms with E-state index in [0.717, 1.165) is 31.7 Å². The molecule has 23 heavy (non-hydrogen) atoms. The number of nitrogens with one attached hydrogen (secondary N) is 1. The van der Waals surface area contributed by atoms with Crippen molar-refractivity contribution < 1.29 is 4.39 Å². The fraction of sp³-hybridized carbons (Fsp3) is 0.333. The molecule has 0 saturated carbocycles. The number of nitrogens with zero attached hydrogens (tertiary/aromatic N) is 1. The van der Waals surface area contributed by atoms with Crippen LogP contribution in [-0.4, -0.2) is 37.8 Å². The van der Waals surface area contributed by atoms with Gasteiger partial charge in [0.2, 0.25) is 0 Å². The van der Waals surface area contributed by atoms with Gasteiger partial charge in [-0.15, -0.1) is 24.8 Å². The summed E-state index contributed by atoms with van der Waals surface area (Å²) in [7, 11) is 0. The molecule has 1 aliphatic heterocycles. The van der Waals surface area contributed by atoms with Crippen molar-refractivity contribution in [1.82, 2.24) is 10.2 Å². The van der Waals surface area contributed by atoms with E-state index in [9.17, 15) is 4.39 Å². The van der Waals surface area contributed by atoms with Crippen LogP contribution in [0.15, 0.2) is 54.6 Å². The van der Waals surface area contributed by atoms with E-state index in [2.05, 4.69) is 46.6 Å². The van der Waals surface area contributed by atoms with E-state index in [1.165, 1.54) is 11.1 Å². The normalized spacial score (nSPS) is 16.0. The number of benzene rings is 2. The highest BCUT2D eigenvalue weighted by molar-refractivity contribution is 5.85. The molecular weight excluding hydrogens is 334 g/mol. The summed E-state index contributed by atoms with van der Waals surface area (Å²) < 4.78 is 13.5. The van der Waals surface area contributed by atoms with Crippen molar-refractivity contribution >= 4 is 24.8 Å². The van der Waals surface area contributed by atoms with Crippen molar-refractivity contribution in [3.05, 3.63) is 60.2 Å². The smallest absolute Gasteiger partial charge is 0.109 e. The number of rotatable bonds is 4. The van der Waals surface area contributed by atoms with E-state index in [0.29, 0.717) is 0 Å². The molecular formula is C18H23Cl2FN2. The molecule has 2 aromatic carbocycles. The van der Waals surface area contributed by atoms with Crippen LogP contribution >= 0.6 is 24.8 Å². The fourth-order valence-corrected chi connectivity index (χ4v) is 2.92. The van der Waals surface area contributed by atoms with Crippen LogP contribution in [0, 0.1) is 0 Å². The summed E-state index contributed by atoms with van der Waals surface area (Å²) in [5.41, 5.74) is 3.44. The minimum Gasteiger partial charge on any atom is -0.314 e. The average molecular weight is 357 g/mol. The van der Waals surface area contributed by atoms with E-state index >= 15 is 0 Å². The molecule has 0 bridgehead atoms. The second-order valence-electron chi connectivity index (χ2n) is 5.44. The molecule has 1 fully saturated rings. The summed E-state index contributed by atoms with van der Waals surface area (Å²) in [6, 6.07) is 18.5. The monoisotopic (exact) mass is 356 g/mol. The van der Waals surface area contributed by atoms with E-state index in [4.69, 9.17) is 0 Å². The first kappa shape index (κ1) is 19.9. The van der Waals surface area contributed by atoms with Crippen LogP contribution in [-0.2, 0) is 0 Å². The zero-order valence-electron chi connectivity index (χ0n) is 13.0. The summed E-state index contributed by atoms with van der Waals surface area (Å²) >= 11 is 0. The quantitative estimate of drug-likeness (QED) is 0.886. The highest BCUT2D eigenvalue weighted by atomic mass is 35.5. The Labute approximate surface area is 149 Å². The number of alkyl halides is 1. The van der Waals surface area contributed by atoms with Gasteiger partial charge in [0.05, 0.1) is 6.04 Å². The van der Waals surface area contributed by atoms with Crippen LogP contribution < -0.4 is 5.32 Å². The maximum atomic E-state index is 13.5. The van der Waals surface area contributed by atoms with Gasteiger partial charge in [0.15, 0.2) is 0 Å². The third kappa shape index (κ3) is 4.92. The molecule has 2 nitrogen and oxygen atoms in total. The predicted octanol–water partition coefficient (Wildman–Crippen LogP) is 4.11. The predicted molar refractivity (Wildman–Crippen MR) is 99.5 cm³/mol. The highest BCUT2D eigenvalue weighted by Crippen LogP contribution is 2.25. The first-order valence-corrected chi connectivity index (χ1v) is 7.54. The van der Waals surface area contributed by atoms with Crippen molar-refractivity contribution in [2.45, 2.75) is 6.04 Å². The van der Waals surface area contributed by atoms with Gasteiger partial charge in [0, 0.05) is 26.2 Å². The maximum absolute atomic E-state index is 13.5. The van der Waals surface area contributed by atoms with Gasteiger partial charge in [0.1, 0.15) is 6.67 Å². The van der Waals surface area contributed by atoms with Gasteiger partial charge >= 0.3 is 0 Å². The third-order valence-corrected chi connectivity index (χ3v) is 4.14. The molecule has 1 aliphatic rings. The van der Waals surface area contributed by atoms with Crippen molar-refractivity contribution in [2.24, 2.45) is 0 Å². The van der Waals surface area contributed by atoms with E-state index in [1.54, 1.807) is 0 Å². The van der Waals surface area contributed by atoms with Gasteiger partial charge in [-0.05, 0) is 16.7 Å². The first-order chi connectivity index (χ1) is 10.4. The lowest BCUT2D eigenvalue weighted by molar-refractivity contribution is 0.147. The minimum atomic E-state index is -0.329. The third-order valence-electron chi connectivity index (χ3n) is 4.14. The second kappa shape index (κ2) is 9.89. The Bertz CT molecular complexity index is 557. The van der Waals surface area contributed by atoms with Gasteiger partial charge in [-0.1, -0.05) is 54.6 Å². The average Bonchev–Trinajstić information content (AvgIpc) is 2.58. The van der Waals surface area contributed by atoms with Gasteiger partial charge in [-0.2, -0.15) is 0 Å². The lowest BCUT2D eigenvalue weighted by Gasteiger charge is -2.33. The van der Waals surface area contributed by atoms with Crippen molar-refractivity contribution in [1.29, 1.82) is 0 Å². The molecule has 1 N–H and O–H groups in total. The number of piperazine rings is 1. The molecule has 2 aromatic rings. The van der Waals surface area contributed by atoms with Crippen molar-refractivity contribution in [3.8, 4) is 11.1 Å². The summed E-state index contributed by atoms with van der Waals surface area (Å²) in [6.07, 6.45) is 0. The molecule has 126 valence electrons. The Kier molecular flexibility index (Phi) is 8.56. The molecule has 1 heterocycles. The molecule has 5 heteroatoms. The lowest BCUT2D eigenvalue weighted by Crippen LogP contribution is -2.45. The Morgan fingerprint density at radius 3 is 2.00 bits per heavy atom. The summed E-state index contributed by atoms with van der Waals surface area (Å²) in [4.78, 5) is 2.23. The molecule has 0 amide bonds. The number of halogens is 3. The SMILES string of the molecule is Cl.Cl.FC[C@@H](c1ccc(-c2ccccc2)cc1)N1CCNCC1. The number of hydrogen-bond acceptors (Lipinski definition) is 2. The molecule has 0 spiro atoms. The molecule has 3 rings (SSSR count). The molecule has 0 unspecified atom stereocenters. The van der Waals surface area contributed by atoms with Gasteiger partial charge in [-0.25, -0.2) is 4.39 Å². The standard InChI is InChI=1S/C18H21FN2.2ClH/c19-14-18(21-12-10-20-11-13-21)17-8-6-16(7-9-17)15-4-2-1-3-5-15;;/h1-9,18,20H,10-14H2;2*1H/t18-;;/m0../s1. The van der Waals surface area contributed by atoms with Crippen LogP contribution in [0.5, 0.6) is 0 Å². The number of hydrogen-bond donors (Lipinski definition) is 1. The topological polar surface area (TPSA) is 15.3 Å². The highest BCUT2D eigenvalue weighted by Gasteiger charge is 2.21. The fourth-order valence-electron chi connectivity index (χ4n) is 2.92. The largest absolute Gasteiger partial charge is 0.314 e. The molecule has 0 aliphatic carbocycles. The van der Waals surface area contributed by atoms with Crippen LogP contribution in [0.3, 0.4) is 0 Å². The summed E-state index contributed by atoms with van der Waals surface area (Å²) in [6.45, 7) is 3.38. The molecule has 0 aromatic heterocycles. The lowest BCUT2D eigenvalue weighted by atomic mass is 10.00. The Morgan fingerprint density at radius 2 is 1.43 bits per heavy atom. The first-order valence-electron chi connectivity index (χ1n) is 7.54. The van der Waals surface area contributed by atoms with Crippen molar-refractivity contribution in [2.75, 3.05) is 32.9 Å². The zero-order chi connectivity index (χ0) is 14.5. The van der Waals surface area contributed by atoms with Crippen molar-refractivity contribution in [3.63, 3.8) is 0 Å². The second-order valence-corrected chi connectivity index (χ2v) is 5.44. The van der Waals surface area contributed by atoms with Crippen LogP contribution in [0.2, 0.25) is 0 Å². The molecule has 0 radical (unpaired) electrons. The van der Waals surface area contributed by atoms with E-state index in [-0.39, 0.29) is 37.5 Å². The van der Waals surface area contributed by atoms with Crippen LogP contribution in [0.25, 0.3) is 11.1 Å². The summed E-state index contributed by atoms with van der Waals surface area (Å²) in [5.74, 6) is 0. The maximum Gasteiger partial charge on any atom is 0.109 e. The minimum absolute atomic E-state index is 0. The van der Waals surface area contributed by atoms with Crippen LogP contribution in [0.1, 0.15) is 11.6 Å². The molecule has 1 atom stereocenters. The van der Waals surface area contributed by atoms with E-state index < -0.39 is 0 Å². The van der Waals surface area contributed by atoms with Crippen LogP contribution in [0.4, 0.5) is 4.39 Å². The van der Waals surface area contributed by atoms with E-state index in [1.807, 2.05) is 18.2 Å². The van der Waals surface area contributed by atoms with Gasteiger partial charge < -0.3 is 5.32 Å². The Morgan fingerprint density at radius 1 is 0.870 bits per heavy atom. The van der Waals surface area contributed by atoms with Gasteiger partial charge in [-0.3, -0.25) is 4.90 Å². The summed E-state index contributed by atoms with van der Waals surface area (Å²) in [5, 5.41) is 3.31. The van der Waals surface area contributed by atoms with Gasteiger partial charge in [0.25, 0.3) is 0 Å². The Hall–Kier alpha value is -1.13. The Balaban J connectivity index is 0.00000132. The molecule has 1 saturated heterocycles. The zero-order valence-corrected chi connectivity index (χ0v) is 14.6.